The highest BCUT2D eigenvalue weighted by atomic mass is 16.5. The molecule has 100 valence electrons. The summed E-state index contributed by atoms with van der Waals surface area (Å²) in [4.78, 5) is 4.35. The van der Waals surface area contributed by atoms with Crippen molar-refractivity contribution in [3.8, 4) is 0 Å². The van der Waals surface area contributed by atoms with E-state index in [0.29, 0.717) is 12.0 Å². The Balaban J connectivity index is 1.83. The van der Waals surface area contributed by atoms with Gasteiger partial charge in [-0.05, 0) is 25.5 Å². The third-order valence-electron chi connectivity index (χ3n) is 3.89. The molecule has 19 heavy (non-hydrogen) atoms. The SMILES string of the molecule is CC1OCCC1CNc1ccnc2c(N)cccc12. The molecule has 1 saturated heterocycles. The summed E-state index contributed by atoms with van der Waals surface area (Å²) in [6.45, 7) is 3.94. The summed E-state index contributed by atoms with van der Waals surface area (Å²) in [6, 6.07) is 7.90. The number of benzene rings is 1. The topological polar surface area (TPSA) is 60.2 Å². The maximum atomic E-state index is 5.96. The fourth-order valence-electron chi connectivity index (χ4n) is 2.64. The van der Waals surface area contributed by atoms with Crippen LogP contribution in [0.5, 0.6) is 0 Å². The number of nitrogen functional groups attached to an aromatic ring is 1. The highest BCUT2D eigenvalue weighted by Crippen LogP contribution is 2.27. The van der Waals surface area contributed by atoms with Crippen molar-refractivity contribution in [1.29, 1.82) is 0 Å². The number of rotatable bonds is 3. The predicted molar refractivity (Wildman–Crippen MR) is 78.2 cm³/mol. The Morgan fingerprint density at radius 3 is 3.11 bits per heavy atom. The van der Waals surface area contributed by atoms with Crippen LogP contribution >= 0.6 is 0 Å². The normalized spacial score (nSPS) is 22.8. The smallest absolute Gasteiger partial charge is 0.0951 e. The second-order valence-electron chi connectivity index (χ2n) is 5.11. The first-order chi connectivity index (χ1) is 9.25. The van der Waals surface area contributed by atoms with Gasteiger partial charge in [0.25, 0.3) is 0 Å². The van der Waals surface area contributed by atoms with Crippen molar-refractivity contribution in [1.82, 2.24) is 4.98 Å². The third-order valence-corrected chi connectivity index (χ3v) is 3.89. The first-order valence-electron chi connectivity index (χ1n) is 6.74. The number of nitrogens with two attached hydrogens (primary N) is 1. The molecular weight excluding hydrogens is 238 g/mol. The standard InChI is InChI=1S/C15H19N3O/c1-10-11(6-8-19-10)9-18-14-5-7-17-15-12(14)3-2-4-13(15)16/h2-5,7,10-11H,6,8-9,16H2,1H3,(H,17,18). The third kappa shape index (κ3) is 2.36. The van der Waals surface area contributed by atoms with Crippen LogP contribution in [-0.4, -0.2) is 24.2 Å². The van der Waals surface area contributed by atoms with Crippen molar-refractivity contribution >= 4 is 22.3 Å². The average Bonchev–Trinajstić information content (AvgIpc) is 2.82. The lowest BCUT2D eigenvalue weighted by Gasteiger charge is -2.16. The molecule has 0 saturated carbocycles. The number of para-hydroxylation sites is 1. The molecule has 1 fully saturated rings. The summed E-state index contributed by atoms with van der Waals surface area (Å²) >= 11 is 0. The summed E-state index contributed by atoms with van der Waals surface area (Å²) in [6.07, 6.45) is 3.26. The molecule has 4 nitrogen and oxygen atoms in total. The van der Waals surface area contributed by atoms with E-state index in [2.05, 4.69) is 23.3 Å². The summed E-state index contributed by atoms with van der Waals surface area (Å²) in [5.41, 5.74) is 8.63. The van der Waals surface area contributed by atoms with Gasteiger partial charge in [-0.3, -0.25) is 4.98 Å². The van der Waals surface area contributed by atoms with Crippen LogP contribution in [0.15, 0.2) is 30.5 Å². The van der Waals surface area contributed by atoms with Gasteiger partial charge in [0.2, 0.25) is 0 Å². The second kappa shape index (κ2) is 5.05. The van der Waals surface area contributed by atoms with Crippen molar-refractivity contribution in [3.63, 3.8) is 0 Å². The van der Waals surface area contributed by atoms with Gasteiger partial charge in [0.05, 0.1) is 17.3 Å². The quantitative estimate of drug-likeness (QED) is 0.830. The highest BCUT2D eigenvalue weighted by Gasteiger charge is 2.23. The lowest BCUT2D eigenvalue weighted by atomic mass is 10.0. The molecule has 2 aromatic rings. The van der Waals surface area contributed by atoms with Gasteiger partial charge in [-0.25, -0.2) is 0 Å². The average molecular weight is 257 g/mol. The zero-order valence-electron chi connectivity index (χ0n) is 11.1. The number of pyridine rings is 1. The number of nitrogens with one attached hydrogen (secondary N) is 1. The maximum Gasteiger partial charge on any atom is 0.0951 e. The van der Waals surface area contributed by atoms with E-state index in [1.165, 1.54) is 0 Å². The summed E-state index contributed by atoms with van der Waals surface area (Å²) in [7, 11) is 0. The van der Waals surface area contributed by atoms with Crippen LogP contribution in [0.25, 0.3) is 10.9 Å². The summed E-state index contributed by atoms with van der Waals surface area (Å²) in [5.74, 6) is 0.573. The Morgan fingerprint density at radius 1 is 1.42 bits per heavy atom. The van der Waals surface area contributed by atoms with Crippen LogP contribution in [0.3, 0.4) is 0 Å². The Morgan fingerprint density at radius 2 is 2.32 bits per heavy atom. The van der Waals surface area contributed by atoms with Crippen molar-refractivity contribution < 1.29 is 4.74 Å². The van der Waals surface area contributed by atoms with Crippen LogP contribution in [0.4, 0.5) is 11.4 Å². The monoisotopic (exact) mass is 257 g/mol. The molecule has 3 N–H and O–H groups in total. The van der Waals surface area contributed by atoms with E-state index in [-0.39, 0.29) is 0 Å². The van der Waals surface area contributed by atoms with Crippen molar-refractivity contribution in [2.24, 2.45) is 5.92 Å². The lowest BCUT2D eigenvalue weighted by molar-refractivity contribution is 0.108. The first-order valence-corrected chi connectivity index (χ1v) is 6.74. The van der Waals surface area contributed by atoms with Crippen LogP contribution in [0.2, 0.25) is 0 Å². The van der Waals surface area contributed by atoms with E-state index >= 15 is 0 Å². The van der Waals surface area contributed by atoms with E-state index in [1.807, 2.05) is 18.2 Å². The first kappa shape index (κ1) is 12.2. The minimum absolute atomic E-state index is 0.339. The molecule has 0 spiro atoms. The fourth-order valence-corrected chi connectivity index (χ4v) is 2.64. The Kier molecular flexibility index (Phi) is 3.25. The van der Waals surface area contributed by atoms with Crippen molar-refractivity contribution in [2.75, 3.05) is 24.2 Å². The largest absolute Gasteiger partial charge is 0.397 e. The van der Waals surface area contributed by atoms with Crippen LogP contribution in [-0.2, 0) is 4.74 Å². The van der Waals surface area contributed by atoms with Crippen molar-refractivity contribution in [3.05, 3.63) is 30.5 Å². The number of nitrogens with zero attached hydrogens (tertiary/aromatic N) is 1. The molecule has 0 radical (unpaired) electrons. The predicted octanol–water partition coefficient (Wildman–Crippen LogP) is 2.65. The molecule has 4 heteroatoms. The number of aromatic nitrogens is 1. The number of ether oxygens (including phenoxy) is 1. The van der Waals surface area contributed by atoms with Gasteiger partial charge in [-0.15, -0.1) is 0 Å². The number of anilines is 2. The summed E-state index contributed by atoms with van der Waals surface area (Å²) in [5, 5.41) is 4.59. The van der Waals surface area contributed by atoms with Gasteiger partial charge in [0.1, 0.15) is 0 Å². The lowest BCUT2D eigenvalue weighted by Crippen LogP contribution is -2.20. The van der Waals surface area contributed by atoms with Gasteiger partial charge in [-0.1, -0.05) is 12.1 Å². The molecule has 1 aliphatic heterocycles. The van der Waals surface area contributed by atoms with Gasteiger partial charge in [0.15, 0.2) is 0 Å². The van der Waals surface area contributed by atoms with E-state index in [4.69, 9.17) is 10.5 Å². The molecular formula is C15H19N3O. The molecule has 2 heterocycles. The number of fused-ring (bicyclic) bond motifs is 1. The second-order valence-corrected chi connectivity index (χ2v) is 5.11. The number of hydrogen-bond acceptors (Lipinski definition) is 4. The van der Waals surface area contributed by atoms with E-state index in [0.717, 1.165) is 41.9 Å². The molecule has 0 amide bonds. The van der Waals surface area contributed by atoms with E-state index in [1.54, 1.807) is 6.20 Å². The Bertz CT molecular complexity index is 585. The minimum atomic E-state index is 0.339. The zero-order valence-corrected chi connectivity index (χ0v) is 11.1. The molecule has 0 bridgehead atoms. The molecule has 2 atom stereocenters. The van der Waals surface area contributed by atoms with Crippen LogP contribution < -0.4 is 11.1 Å². The summed E-state index contributed by atoms with van der Waals surface area (Å²) < 4.78 is 5.59. The van der Waals surface area contributed by atoms with Gasteiger partial charge in [0, 0.05) is 36.3 Å². The van der Waals surface area contributed by atoms with Crippen LogP contribution in [0.1, 0.15) is 13.3 Å². The van der Waals surface area contributed by atoms with Crippen molar-refractivity contribution in [2.45, 2.75) is 19.4 Å². The van der Waals surface area contributed by atoms with E-state index in [9.17, 15) is 0 Å². The van der Waals surface area contributed by atoms with Gasteiger partial charge < -0.3 is 15.8 Å². The molecule has 1 aliphatic rings. The van der Waals surface area contributed by atoms with E-state index < -0.39 is 0 Å². The molecule has 0 aliphatic carbocycles. The van der Waals surface area contributed by atoms with Gasteiger partial charge in [-0.2, -0.15) is 0 Å². The fraction of sp³-hybridized carbons (Fsp3) is 0.400. The number of hydrogen-bond donors (Lipinski definition) is 2. The molecule has 1 aromatic heterocycles. The van der Waals surface area contributed by atoms with Gasteiger partial charge >= 0.3 is 0 Å². The Hall–Kier alpha value is -1.81. The molecule has 1 aromatic carbocycles. The molecule has 2 unspecified atom stereocenters. The van der Waals surface area contributed by atoms with Crippen LogP contribution in [0, 0.1) is 5.92 Å². The molecule has 3 rings (SSSR count). The Labute approximate surface area is 113 Å². The highest BCUT2D eigenvalue weighted by molar-refractivity contribution is 5.97. The maximum absolute atomic E-state index is 5.96. The minimum Gasteiger partial charge on any atom is -0.397 e. The zero-order chi connectivity index (χ0) is 13.2.